The summed E-state index contributed by atoms with van der Waals surface area (Å²) in [5.74, 6) is -4.07. The Balaban J connectivity index is 1.26. The number of amides is 3. The van der Waals surface area contributed by atoms with E-state index in [1.54, 1.807) is 53.2 Å². The summed E-state index contributed by atoms with van der Waals surface area (Å²) < 4.78 is 14.6. The molecule has 0 saturated carbocycles. The van der Waals surface area contributed by atoms with Gasteiger partial charge in [0, 0.05) is 17.8 Å². The average Bonchev–Trinajstić information content (AvgIpc) is 3.93. The van der Waals surface area contributed by atoms with Crippen LogP contribution in [0.4, 0.5) is 0 Å². The summed E-state index contributed by atoms with van der Waals surface area (Å²) in [5, 5.41) is 22.3. The lowest BCUT2D eigenvalue weighted by molar-refractivity contribution is -0.161. The van der Waals surface area contributed by atoms with Gasteiger partial charge in [0.1, 0.15) is 29.9 Å². The zero-order valence-electron chi connectivity index (χ0n) is 30.2. The SMILES string of the molecule is C=CCCC(=O)NC[C@H](OC(=O)[C@@H]1[C@H]2O[C@@]3(CC2Br)[C@H](C(=O)N(CC=C)Cn2nnc4ccccc42)N([C@H](CO)c2ccccc2)C(=O)[C@@H]13)c1ccccc1. The van der Waals surface area contributed by atoms with Gasteiger partial charge in [-0.15, -0.1) is 18.3 Å². The van der Waals surface area contributed by atoms with Gasteiger partial charge < -0.3 is 29.7 Å². The third-order valence-electron chi connectivity index (χ3n) is 10.8. The number of nitrogens with one attached hydrogen (secondary N) is 1. The number of carbonyl (C=O) groups is 4. The van der Waals surface area contributed by atoms with Gasteiger partial charge >= 0.3 is 5.97 Å². The van der Waals surface area contributed by atoms with Crippen LogP contribution in [0.2, 0.25) is 0 Å². The van der Waals surface area contributed by atoms with E-state index < -0.39 is 70.9 Å². The molecular weight excluding hydrogens is 768 g/mol. The molecule has 0 aliphatic carbocycles. The van der Waals surface area contributed by atoms with Crippen molar-refractivity contribution in [3.05, 3.63) is 121 Å². The summed E-state index contributed by atoms with van der Waals surface area (Å²) in [7, 11) is 0. The van der Waals surface area contributed by atoms with E-state index >= 15 is 9.59 Å². The Morgan fingerprint density at radius 1 is 1.04 bits per heavy atom. The molecule has 3 amide bonds. The van der Waals surface area contributed by atoms with E-state index in [2.05, 4.69) is 44.7 Å². The molecule has 3 fully saturated rings. The maximum Gasteiger partial charge on any atom is 0.313 e. The smallest absolute Gasteiger partial charge is 0.313 e. The highest BCUT2D eigenvalue weighted by Gasteiger charge is 2.77. The first kappa shape index (κ1) is 38.1. The number of aromatic nitrogens is 3. The highest BCUT2D eigenvalue weighted by molar-refractivity contribution is 9.09. The maximum atomic E-state index is 15.2. The third-order valence-corrected chi connectivity index (χ3v) is 11.6. The highest BCUT2D eigenvalue weighted by Crippen LogP contribution is 2.61. The van der Waals surface area contributed by atoms with Crippen molar-refractivity contribution in [2.24, 2.45) is 11.8 Å². The average molecular weight is 812 g/mol. The van der Waals surface area contributed by atoms with Crippen molar-refractivity contribution in [3.63, 3.8) is 0 Å². The number of nitrogens with zero attached hydrogens (tertiary/aromatic N) is 5. The largest absolute Gasteiger partial charge is 0.455 e. The van der Waals surface area contributed by atoms with Crippen molar-refractivity contribution >= 4 is 50.7 Å². The van der Waals surface area contributed by atoms with E-state index in [1.165, 1.54) is 9.80 Å². The van der Waals surface area contributed by atoms with E-state index in [4.69, 9.17) is 9.47 Å². The number of fused-ring (bicyclic) bond motifs is 2. The van der Waals surface area contributed by atoms with Crippen LogP contribution in [-0.2, 0) is 35.3 Å². The molecular formula is C41H43BrN6O7. The number of benzene rings is 3. The van der Waals surface area contributed by atoms with Crippen LogP contribution in [0.1, 0.15) is 42.5 Å². The molecule has 4 aromatic rings. The molecule has 55 heavy (non-hydrogen) atoms. The molecule has 1 spiro atoms. The Kier molecular flexibility index (Phi) is 11.3. The van der Waals surface area contributed by atoms with Crippen molar-refractivity contribution in [1.29, 1.82) is 0 Å². The number of ether oxygens (including phenoxy) is 2. The molecule has 13 nitrogen and oxygen atoms in total. The Morgan fingerprint density at radius 3 is 2.42 bits per heavy atom. The number of halogens is 1. The maximum absolute atomic E-state index is 15.2. The van der Waals surface area contributed by atoms with Gasteiger partial charge in [-0.25, -0.2) is 4.68 Å². The number of hydrogen-bond acceptors (Lipinski definition) is 9. The summed E-state index contributed by atoms with van der Waals surface area (Å²) in [5.41, 5.74) is 1.19. The summed E-state index contributed by atoms with van der Waals surface area (Å²) in [4.78, 5) is 59.9. The Bertz CT molecular complexity index is 2060. The third kappa shape index (κ3) is 7.09. The van der Waals surface area contributed by atoms with Crippen LogP contribution in [0.15, 0.2) is 110 Å². The minimum absolute atomic E-state index is 0.00673. The van der Waals surface area contributed by atoms with Crippen LogP contribution in [0.25, 0.3) is 11.0 Å². The van der Waals surface area contributed by atoms with Crippen LogP contribution in [0.3, 0.4) is 0 Å². The fourth-order valence-electron chi connectivity index (χ4n) is 8.35. The van der Waals surface area contributed by atoms with Crippen molar-refractivity contribution in [2.45, 2.75) is 60.7 Å². The molecule has 2 bridgehead atoms. The second-order valence-electron chi connectivity index (χ2n) is 14.1. The van der Waals surface area contributed by atoms with Gasteiger partial charge in [0.15, 0.2) is 0 Å². The van der Waals surface area contributed by atoms with Crippen LogP contribution < -0.4 is 5.32 Å². The standard InChI is InChI=1S/C41H43BrN6O7/c1-3-5-20-33(50)43-23-32(27-16-10-7-11-17-27)54-40(53)34-35-38(51)48(31(24-49)26-14-8-6-9-15-26)37(41(35)22-28(42)36(34)55-41)39(52)46(21-4-2)25-47-30-19-13-12-18-29(30)44-45-47/h3-4,6-19,28,31-32,34-37,49H,1-2,5,20-25H2,(H,43,50)/t28?,31-,32+,34+,35-,36+,37+,41-/m1/s1. The minimum atomic E-state index is -1.45. The molecule has 3 aromatic carbocycles. The van der Waals surface area contributed by atoms with E-state index in [1.807, 2.05) is 48.5 Å². The molecule has 3 aliphatic rings. The molecule has 1 unspecified atom stereocenters. The van der Waals surface area contributed by atoms with Crippen molar-refractivity contribution < 1.29 is 33.8 Å². The van der Waals surface area contributed by atoms with Gasteiger partial charge in [-0.1, -0.05) is 106 Å². The van der Waals surface area contributed by atoms with Crippen molar-refractivity contribution in [1.82, 2.24) is 30.1 Å². The number of rotatable bonds is 16. The van der Waals surface area contributed by atoms with Gasteiger partial charge in [-0.2, -0.15) is 0 Å². The lowest BCUT2D eigenvalue weighted by atomic mass is 9.70. The first-order valence-electron chi connectivity index (χ1n) is 18.3. The first-order chi connectivity index (χ1) is 26.7. The number of allylic oxidation sites excluding steroid dienone is 1. The molecule has 7 rings (SSSR count). The van der Waals surface area contributed by atoms with Gasteiger partial charge in [-0.05, 0) is 36.1 Å². The number of aliphatic hydroxyl groups is 1. The monoisotopic (exact) mass is 810 g/mol. The van der Waals surface area contributed by atoms with Crippen molar-refractivity contribution in [2.75, 3.05) is 19.7 Å². The number of alkyl halides is 1. The second-order valence-corrected chi connectivity index (χ2v) is 15.2. The Labute approximate surface area is 327 Å². The van der Waals surface area contributed by atoms with E-state index in [-0.39, 0.29) is 38.5 Å². The van der Waals surface area contributed by atoms with E-state index in [9.17, 15) is 14.7 Å². The molecule has 1 aromatic heterocycles. The van der Waals surface area contributed by atoms with Crippen LogP contribution in [0, 0.1) is 11.8 Å². The predicted octanol–water partition coefficient (Wildman–Crippen LogP) is 4.25. The molecule has 286 valence electrons. The Morgan fingerprint density at radius 2 is 1.73 bits per heavy atom. The lowest BCUT2D eigenvalue weighted by Gasteiger charge is -2.39. The molecule has 2 N–H and O–H groups in total. The van der Waals surface area contributed by atoms with E-state index in [0.717, 1.165) is 0 Å². The normalized spacial score (nSPS) is 24.9. The van der Waals surface area contributed by atoms with Gasteiger partial charge in [0.05, 0.1) is 42.6 Å². The van der Waals surface area contributed by atoms with Gasteiger partial charge in [0.2, 0.25) is 17.7 Å². The van der Waals surface area contributed by atoms with Gasteiger partial charge in [-0.3, -0.25) is 19.2 Å². The molecule has 3 saturated heterocycles. The summed E-state index contributed by atoms with van der Waals surface area (Å²) in [6, 6.07) is 23.3. The summed E-state index contributed by atoms with van der Waals surface area (Å²) in [6.07, 6.45) is 2.55. The molecule has 14 heteroatoms. The quantitative estimate of drug-likeness (QED) is 0.0960. The fraction of sp³-hybridized carbons (Fsp3) is 0.366. The molecule has 0 radical (unpaired) electrons. The van der Waals surface area contributed by atoms with Crippen LogP contribution in [-0.4, -0.2) is 95.9 Å². The molecule has 4 heterocycles. The number of esters is 1. The zero-order valence-corrected chi connectivity index (χ0v) is 31.7. The molecule has 8 atom stereocenters. The first-order valence-corrected chi connectivity index (χ1v) is 19.2. The van der Waals surface area contributed by atoms with Crippen molar-refractivity contribution in [3.8, 4) is 0 Å². The number of aliphatic hydroxyl groups excluding tert-OH is 1. The zero-order chi connectivity index (χ0) is 38.7. The van der Waals surface area contributed by atoms with E-state index in [0.29, 0.717) is 28.6 Å². The Hall–Kier alpha value is -5.18. The number of likely N-dealkylation sites (tertiary alicyclic amines) is 1. The van der Waals surface area contributed by atoms with Gasteiger partial charge in [0.25, 0.3) is 0 Å². The van der Waals surface area contributed by atoms with Crippen LogP contribution in [0.5, 0.6) is 0 Å². The summed E-state index contributed by atoms with van der Waals surface area (Å²) in [6.45, 7) is 7.18. The summed E-state index contributed by atoms with van der Waals surface area (Å²) >= 11 is 3.74. The number of para-hydroxylation sites is 1. The highest BCUT2D eigenvalue weighted by atomic mass is 79.9. The lowest BCUT2D eigenvalue weighted by Crippen LogP contribution is -2.57. The number of carbonyl (C=O) groups excluding carboxylic acids is 4. The molecule has 3 aliphatic heterocycles. The van der Waals surface area contributed by atoms with Crippen LogP contribution >= 0.6 is 15.9 Å². The topological polar surface area (TPSA) is 156 Å². The number of hydrogen-bond donors (Lipinski definition) is 2. The minimum Gasteiger partial charge on any atom is -0.455 e. The fourth-order valence-corrected chi connectivity index (χ4v) is 9.30. The second kappa shape index (κ2) is 16.3. The predicted molar refractivity (Wildman–Crippen MR) is 206 cm³/mol.